The quantitative estimate of drug-likeness (QED) is 0.507. The number of piperazine rings is 1. The van der Waals surface area contributed by atoms with E-state index in [9.17, 15) is 14.7 Å². The highest BCUT2D eigenvalue weighted by Crippen LogP contribution is 2.32. The number of carbonyl (C=O) groups is 2. The second kappa shape index (κ2) is 9.15. The zero-order chi connectivity index (χ0) is 21.0. The summed E-state index contributed by atoms with van der Waals surface area (Å²) >= 11 is 1.12. The first-order valence-electron chi connectivity index (χ1n) is 9.63. The maximum Gasteiger partial charge on any atom is 0.341 e. The van der Waals surface area contributed by atoms with Crippen LogP contribution in [0.1, 0.15) is 32.5 Å². The van der Waals surface area contributed by atoms with Crippen molar-refractivity contribution in [2.45, 2.75) is 13.5 Å². The molecule has 0 bridgehead atoms. The van der Waals surface area contributed by atoms with Crippen molar-refractivity contribution in [3.63, 3.8) is 0 Å². The van der Waals surface area contributed by atoms with Gasteiger partial charge in [-0.1, -0.05) is 12.1 Å². The van der Waals surface area contributed by atoms with Gasteiger partial charge in [0.2, 0.25) is 0 Å². The molecule has 1 aliphatic heterocycles. The summed E-state index contributed by atoms with van der Waals surface area (Å²) in [6, 6.07) is 7.30. The van der Waals surface area contributed by atoms with Gasteiger partial charge in [0.05, 0.1) is 38.5 Å². The van der Waals surface area contributed by atoms with E-state index in [-0.39, 0.29) is 18.3 Å². The standard InChI is InChI=1S/C20H26N4O4S/c1-3-28-20(27)16-13(17(19(26)22-2)29-18(16)21)12-23-8-10-24(11-9-23)14-6-4-5-7-15(14)25/h4-7,25H,3,8-12,21H2,1-2H3,(H,22,26)/p+1. The monoisotopic (exact) mass is 419 g/mol. The molecule has 8 nitrogen and oxygen atoms in total. The summed E-state index contributed by atoms with van der Waals surface area (Å²) < 4.78 is 5.16. The number of anilines is 2. The average molecular weight is 420 g/mol. The summed E-state index contributed by atoms with van der Waals surface area (Å²) in [5.41, 5.74) is 7.86. The zero-order valence-corrected chi connectivity index (χ0v) is 17.5. The van der Waals surface area contributed by atoms with Crippen molar-refractivity contribution in [3.8, 4) is 5.75 Å². The normalized spacial score (nSPS) is 14.6. The number of esters is 1. The van der Waals surface area contributed by atoms with Crippen LogP contribution in [-0.2, 0) is 11.3 Å². The lowest BCUT2D eigenvalue weighted by Crippen LogP contribution is -3.13. The van der Waals surface area contributed by atoms with E-state index in [0.717, 1.165) is 43.2 Å². The summed E-state index contributed by atoms with van der Waals surface area (Å²) in [6.07, 6.45) is 0. The number of nitrogen functional groups attached to an aromatic ring is 1. The number of benzene rings is 1. The fourth-order valence-electron chi connectivity index (χ4n) is 3.60. The van der Waals surface area contributed by atoms with Crippen LogP contribution in [-0.4, -0.2) is 56.8 Å². The van der Waals surface area contributed by atoms with Crippen molar-refractivity contribution < 1.29 is 24.3 Å². The first-order chi connectivity index (χ1) is 14.0. The molecule has 3 rings (SSSR count). The Morgan fingerprint density at radius 3 is 2.62 bits per heavy atom. The van der Waals surface area contributed by atoms with E-state index in [2.05, 4.69) is 10.2 Å². The molecule has 156 valence electrons. The number of hydrogen-bond acceptors (Lipinski definition) is 7. The fourth-order valence-corrected chi connectivity index (χ4v) is 4.62. The van der Waals surface area contributed by atoms with Crippen molar-refractivity contribution in [3.05, 3.63) is 40.3 Å². The van der Waals surface area contributed by atoms with E-state index < -0.39 is 5.97 Å². The number of aromatic hydroxyl groups is 1. The summed E-state index contributed by atoms with van der Waals surface area (Å²) in [5, 5.41) is 13.0. The predicted molar refractivity (Wildman–Crippen MR) is 113 cm³/mol. The molecule has 1 saturated heterocycles. The minimum atomic E-state index is -0.487. The average Bonchev–Trinajstić information content (AvgIpc) is 3.04. The number of carbonyl (C=O) groups excluding carboxylic acids is 2. The van der Waals surface area contributed by atoms with Gasteiger partial charge in [-0.15, -0.1) is 11.3 Å². The van der Waals surface area contributed by atoms with Crippen LogP contribution < -0.4 is 20.9 Å². The highest BCUT2D eigenvalue weighted by molar-refractivity contribution is 7.18. The van der Waals surface area contributed by atoms with Crippen molar-refractivity contribution in [2.24, 2.45) is 0 Å². The number of thiophene rings is 1. The van der Waals surface area contributed by atoms with E-state index >= 15 is 0 Å². The molecule has 1 aromatic carbocycles. The van der Waals surface area contributed by atoms with Gasteiger partial charge in [-0.3, -0.25) is 4.79 Å². The molecule has 1 amide bonds. The zero-order valence-electron chi connectivity index (χ0n) is 16.7. The van der Waals surface area contributed by atoms with Gasteiger partial charge in [-0.25, -0.2) is 4.79 Å². The molecule has 2 heterocycles. The van der Waals surface area contributed by atoms with Crippen LogP contribution in [0.4, 0.5) is 10.7 Å². The van der Waals surface area contributed by atoms with Crippen LogP contribution >= 0.6 is 11.3 Å². The molecule has 9 heteroatoms. The highest BCUT2D eigenvalue weighted by atomic mass is 32.1. The number of phenolic OH excluding ortho intramolecular Hbond substituents is 1. The number of hydrogen-bond donors (Lipinski definition) is 4. The Bertz CT molecular complexity index is 891. The molecule has 1 aromatic heterocycles. The van der Waals surface area contributed by atoms with E-state index in [1.54, 1.807) is 26.1 Å². The summed E-state index contributed by atoms with van der Waals surface area (Å²) in [5.74, 6) is -0.466. The van der Waals surface area contributed by atoms with Crippen LogP contribution in [0, 0.1) is 0 Å². The third kappa shape index (κ3) is 4.46. The lowest BCUT2D eigenvalue weighted by molar-refractivity contribution is -0.914. The minimum absolute atomic E-state index is 0.245. The first kappa shape index (κ1) is 20.9. The molecule has 1 fully saturated rings. The number of ether oxygens (including phenoxy) is 1. The third-order valence-corrected chi connectivity index (χ3v) is 6.13. The Hall–Kier alpha value is -2.78. The van der Waals surface area contributed by atoms with Gasteiger partial charge in [0, 0.05) is 12.6 Å². The van der Waals surface area contributed by atoms with Crippen LogP contribution in [0.3, 0.4) is 0 Å². The molecule has 2 aromatic rings. The molecule has 29 heavy (non-hydrogen) atoms. The van der Waals surface area contributed by atoms with E-state index in [1.807, 2.05) is 12.1 Å². The first-order valence-corrected chi connectivity index (χ1v) is 10.4. The Kier molecular flexibility index (Phi) is 6.60. The maximum atomic E-state index is 12.5. The maximum absolute atomic E-state index is 12.5. The lowest BCUT2D eigenvalue weighted by Gasteiger charge is -2.34. The number of rotatable bonds is 6. The molecule has 0 unspecified atom stereocenters. The highest BCUT2D eigenvalue weighted by Gasteiger charge is 2.31. The molecule has 5 N–H and O–H groups in total. The van der Waals surface area contributed by atoms with Gasteiger partial charge in [-0.05, 0) is 19.1 Å². The van der Waals surface area contributed by atoms with Crippen LogP contribution in [0.5, 0.6) is 5.75 Å². The predicted octanol–water partition coefficient (Wildman–Crippen LogP) is 0.477. The van der Waals surface area contributed by atoms with Crippen LogP contribution in [0.25, 0.3) is 0 Å². The lowest BCUT2D eigenvalue weighted by atomic mass is 10.1. The molecule has 0 saturated carbocycles. The van der Waals surface area contributed by atoms with Gasteiger partial charge in [0.25, 0.3) is 5.91 Å². The van der Waals surface area contributed by atoms with Gasteiger partial charge in [0.1, 0.15) is 27.7 Å². The SMILES string of the molecule is CCOC(=O)c1c(N)sc(C(=O)NC)c1C[NH+]1CCN(c2ccccc2O)CC1. The number of nitrogens with one attached hydrogen (secondary N) is 2. The number of phenols is 1. The van der Waals surface area contributed by atoms with E-state index in [4.69, 9.17) is 10.5 Å². The number of nitrogens with two attached hydrogens (primary N) is 1. The smallest absolute Gasteiger partial charge is 0.341 e. The van der Waals surface area contributed by atoms with Gasteiger partial charge >= 0.3 is 5.97 Å². The number of nitrogens with zero attached hydrogens (tertiary/aromatic N) is 1. The van der Waals surface area contributed by atoms with Gasteiger partial charge < -0.3 is 30.7 Å². The van der Waals surface area contributed by atoms with Gasteiger partial charge in [-0.2, -0.15) is 0 Å². The van der Waals surface area contributed by atoms with Crippen molar-refractivity contribution >= 4 is 33.9 Å². The molecule has 0 radical (unpaired) electrons. The number of amides is 1. The Balaban J connectivity index is 1.78. The van der Waals surface area contributed by atoms with Crippen molar-refractivity contribution in [2.75, 3.05) is 50.5 Å². The number of para-hydroxylation sites is 2. The van der Waals surface area contributed by atoms with Crippen molar-refractivity contribution in [1.82, 2.24) is 5.32 Å². The molecule has 0 atom stereocenters. The summed E-state index contributed by atoms with van der Waals surface area (Å²) in [7, 11) is 1.56. The summed E-state index contributed by atoms with van der Waals surface area (Å²) in [6.45, 7) is 5.63. The molecule has 0 spiro atoms. The second-order valence-electron chi connectivity index (χ2n) is 6.85. The van der Waals surface area contributed by atoms with Gasteiger partial charge in [0.15, 0.2) is 0 Å². The Morgan fingerprint density at radius 2 is 2.00 bits per heavy atom. The van der Waals surface area contributed by atoms with Crippen LogP contribution in [0.2, 0.25) is 0 Å². The topological polar surface area (TPSA) is 109 Å². The van der Waals surface area contributed by atoms with Crippen LogP contribution in [0.15, 0.2) is 24.3 Å². The van der Waals surface area contributed by atoms with Crippen molar-refractivity contribution in [1.29, 1.82) is 0 Å². The molecule has 0 aliphatic carbocycles. The summed E-state index contributed by atoms with van der Waals surface area (Å²) in [4.78, 5) is 28.6. The molecule has 1 aliphatic rings. The molecular formula is C20H27N4O4S+. The second-order valence-corrected chi connectivity index (χ2v) is 7.90. The fraction of sp³-hybridized carbons (Fsp3) is 0.400. The Morgan fingerprint density at radius 1 is 1.31 bits per heavy atom. The van der Waals surface area contributed by atoms with E-state index in [0.29, 0.717) is 27.5 Å². The molecular weight excluding hydrogens is 392 g/mol. The Labute approximate surface area is 173 Å². The number of quaternary nitrogens is 1. The third-order valence-electron chi connectivity index (χ3n) is 5.07. The minimum Gasteiger partial charge on any atom is -0.506 e. The largest absolute Gasteiger partial charge is 0.506 e. The van der Waals surface area contributed by atoms with E-state index in [1.165, 1.54) is 4.90 Å².